The average Bonchev–Trinajstić information content (AvgIpc) is 3.06. The molecule has 0 unspecified atom stereocenters. The smallest absolute Gasteiger partial charge is 0.348 e. The number of thiophene rings is 1. The Labute approximate surface area is 131 Å². The number of carbonyl (C=O) groups excluding carboxylic acids is 2. The van der Waals surface area contributed by atoms with E-state index in [1.807, 2.05) is 13.0 Å². The molecule has 0 radical (unpaired) electrons. The second-order valence-corrected chi connectivity index (χ2v) is 6.53. The predicted octanol–water partition coefficient (Wildman–Crippen LogP) is 2.55. The quantitative estimate of drug-likeness (QED) is 0.829. The molecule has 0 atom stereocenters. The van der Waals surface area contributed by atoms with Gasteiger partial charge >= 0.3 is 5.97 Å². The van der Waals surface area contributed by atoms with Crippen LogP contribution in [0.25, 0.3) is 0 Å². The summed E-state index contributed by atoms with van der Waals surface area (Å²) in [7, 11) is 0. The monoisotopic (exact) mass is 324 g/mol. The number of aromatic nitrogens is 1. The number of rotatable bonds is 6. The molecule has 0 aromatic carbocycles. The van der Waals surface area contributed by atoms with Crippen LogP contribution >= 0.6 is 22.7 Å². The Morgan fingerprint density at radius 1 is 1.38 bits per heavy atom. The highest BCUT2D eigenvalue weighted by molar-refractivity contribution is 7.13. The van der Waals surface area contributed by atoms with Crippen molar-refractivity contribution in [3.05, 3.63) is 38.0 Å². The molecule has 7 heteroatoms. The lowest BCUT2D eigenvalue weighted by Crippen LogP contribution is -2.18. The van der Waals surface area contributed by atoms with Crippen molar-refractivity contribution >= 4 is 34.6 Å². The van der Waals surface area contributed by atoms with Gasteiger partial charge in [-0.25, -0.2) is 9.78 Å². The standard InChI is InChI=1S/C14H16N2O3S2/c1-9-12(20-8-16-9)5-6-19-14(18)13-4-3-11(21-13)7-15-10(2)17/h3-4,8H,5-7H2,1-2H3,(H,15,17). The van der Waals surface area contributed by atoms with E-state index in [2.05, 4.69) is 10.3 Å². The van der Waals surface area contributed by atoms with E-state index >= 15 is 0 Å². The Morgan fingerprint density at radius 3 is 2.86 bits per heavy atom. The maximum atomic E-state index is 11.9. The second-order valence-electron chi connectivity index (χ2n) is 4.42. The van der Waals surface area contributed by atoms with E-state index in [-0.39, 0.29) is 11.9 Å². The molecule has 112 valence electrons. The van der Waals surface area contributed by atoms with Gasteiger partial charge in [0, 0.05) is 23.1 Å². The number of hydrogen-bond donors (Lipinski definition) is 1. The molecule has 0 fully saturated rings. The second kappa shape index (κ2) is 7.33. The van der Waals surface area contributed by atoms with E-state index in [0.29, 0.717) is 24.4 Å². The molecule has 0 aliphatic heterocycles. The van der Waals surface area contributed by atoms with Crippen LogP contribution in [0, 0.1) is 6.92 Å². The fourth-order valence-corrected chi connectivity index (χ4v) is 3.27. The van der Waals surface area contributed by atoms with Crippen molar-refractivity contribution in [3.8, 4) is 0 Å². The Balaban J connectivity index is 1.80. The van der Waals surface area contributed by atoms with Gasteiger partial charge < -0.3 is 10.1 Å². The summed E-state index contributed by atoms with van der Waals surface area (Å²) in [6.07, 6.45) is 0.687. The number of nitrogens with zero attached hydrogens (tertiary/aromatic N) is 1. The first-order valence-electron chi connectivity index (χ1n) is 6.45. The lowest BCUT2D eigenvalue weighted by Gasteiger charge is -2.02. The number of aryl methyl sites for hydroxylation is 1. The first-order valence-corrected chi connectivity index (χ1v) is 8.15. The molecule has 0 bridgehead atoms. The van der Waals surface area contributed by atoms with Crippen molar-refractivity contribution < 1.29 is 14.3 Å². The van der Waals surface area contributed by atoms with Gasteiger partial charge in [0.05, 0.1) is 24.4 Å². The van der Waals surface area contributed by atoms with Crippen molar-refractivity contribution in [1.82, 2.24) is 10.3 Å². The summed E-state index contributed by atoms with van der Waals surface area (Å²) in [5.41, 5.74) is 2.78. The Kier molecular flexibility index (Phi) is 5.46. The van der Waals surface area contributed by atoms with Gasteiger partial charge in [0.25, 0.3) is 0 Å². The number of esters is 1. The fourth-order valence-electron chi connectivity index (χ4n) is 1.67. The Morgan fingerprint density at radius 2 is 2.19 bits per heavy atom. The van der Waals surface area contributed by atoms with E-state index in [1.165, 1.54) is 18.3 Å². The third-order valence-corrected chi connectivity index (χ3v) is 4.84. The average molecular weight is 324 g/mol. The minimum Gasteiger partial charge on any atom is -0.461 e. The normalized spacial score (nSPS) is 10.4. The molecule has 2 heterocycles. The van der Waals surface area contributed by atoms with Gasteiger partial charge in [-0.3, -0.25) is 4.79 Å². The number of nitrogens with one attached hydrogen (secondary N) is 1. The summed E-state index contributed by atoms with van der Waals surface area (Å²) >= 11 is 2.91. The van der Waals surface area contributed by atoms with Crippen LogP contribution in [-0.4, -0.2) is 23.5 Å². The molecule has 21 heavy (non-hydrogen) atoms. The molecule has 0 saturated heterocycles. The minimum atomic E-state index is -0.323. The maximum Gasteiger partial charge on any atom is 0.348 e. The first-order chi connectivity index (χ1) is 10.1. The van der Waals surface area contributed by atoms with E-state index in [9.17, 15) is 9.59 Å². The molecular formula is C14H16N2O3S2. The minimum absolute atomic E-state index is 0.0903. The zero-order valence-electron chi connectivity index (χ0n) is 11.8. The molecule has 2 aromatic heterocycles. The lowest BCUT2D eigenvalue weighted by atomic mass is 10.3. The third kappa shape index (κ3) is 4.64. The summed E-state index contributed by atoms with van der Waals surface area (Å²) in [6, 6.07) is 3.55. The molecule has 2 aromatic rings. The zero-order chi connectivity index (χ0) is 15.2. The highest BCUT2D eigenvalue weighted by Crippen LogP contribution is 2.18. The topological polar surface area (TPSA) is 68.3 Å². The van der Waals surface area contributed by atoms with E-state index in [0.717, 1.165) is 15.4 Å². The van der Waals surface area contributed by atoms with Gasteiger partial charge in [-0.15, -0.1) is 22.7 Å². The molecule has 0 aliphatic rings. The van der Waals surface area contributed by atoms with Gasteiger partial charge in [0.1, 0.15) is 4.88 Å². The zero-order valence-corrected chi connectivity index (χ0v) is 13.5. The van der Waals surface area contributed by atoms with Gasteiger partial charge in [-0.2, -0.15) is 0 Å². The fraction of sp³-hybridized carbons (Fsp3) is 0.357. The number of hydrogen-bond acceptors (Lipinski definition) is 6. The summed E-state index contributed by atoms with van der Waals surface area (Å²) in [5.74, 6) is -0.413. The van der Waals surface area contributed by atoms with Crippen molar-refractivity contribution in [3.63, 3.8) is 0 Å². The van der Waals surface area contributed by atoms with Crippen molar-refractivity contribution in [2.24, 2.45) is 0 Å². The lowest BCUT2D eigenvalue weighted by molar-refractivity contribution is -0.119. The Bertz CT molecular complexity index is 634. The van der Waals surface area contributed by atoms with Gasteiger partial charge in [-0.1, -0.05) is 0 Å². The number of amides is 1. The summed E-state index contributed by atoms with van der Waals surface area (Å²) in [4.78, 5) is 29.5. The highest BCUT2D eigenvalue weighted by Gasteiger charge is 2.11. The Hall–Kier alpha value is -1.73. The van der Waals surface area contributed by atoms with E-state index in [4.69, 9.17) is 4.74 Å². The molecule has 0 saturated carbocycles. The van der Waals surface area contributed by atoms with E-state index in [1.54, 1.807) is 22.9 Å². The van der Waals surface area contributed by atoms with Crippen LogP contribution in [0.5, 0.6) is 0 Å². The van der Waals surface area contributed by atoms with Crippen LogP contribution in [0.3, 0.4) is 0 Å². The van der Waals surface area contributed by atoms with Crippen LogP contribution in [-0.2, 0) is 22.5 Å². The largest absolute Gasteiger partial charge is 0.461 e. The molecule has 1 amide bonds. The van der Waals surface area contributed by atoms with Crippen LogP contribution in [0.1, 0.15) is 32.0 Å². The van der Waals surface area contributed by atoms with Crippen molar-refractivity contribution in [1.29, 1.82) is 0 Å². The van der Waals surface area contributed by atoms with Crippen LogP contribution < -0.4 is 5.32 Å². The SMILES string of the molecule is CC(=O)NCc1ccc(C(=O)OCCc2scnc2C)s1. The van der Waals surface area contributed by atoms with Crippen LogP contribution in [0.15, 0.2) is 17.6 Å². The number of ether oxygens (including phenoxy) is 1. The van der Waals surface area contributed by atoms with Crippen LogP contribution in [0.2, 0.25) is 0 Å². The van der Waals surface area contributed by atoms with Crippen molar-refractivity contribution in [2.75, 3.05) is 6.61 Å². The predicted molar refractivity (Wildman–Crippen MR) is 82.7 cm³/mol. The van der Waals surface area contributed by atoms with E-state index < -0.39 is 0 Å². The molecule has 1 N–H and O–H groups in total. The summed E-state index contributed by atoms with van der Waals surface area (Å²) < 4.78 is 5.26. The molecule has 0 aliphatic carbocycles. The molecular weight excluding hydrogens is 308 g/mol. The number of thiazole rings is 1. The first kappa shape index (κ1) is 15.7. The van der Waals surface area contributed by atoms with Gasteiger partial charge in [0.15, 0.2) is 0 Å². The number of carbonyl (C=O) groups is 2. The van der Waals surface area contributed by atoms with Gasteiger partial charge in [0.2, 0.25) is 5.91 Å². The molecule has 5 nitrogen and oxygen atoms in total. The molecule has 2 rings (SSSR count). The van der Waals surface area contributed by atoms with Crippen LogP contribution in [0.4, 0.5) is 0 Å². The van der Waals surface area contributed by atoms with Gasteiger partial charge in [-0.05, 0) is 19.1 Å². The maximum absolute atomic E-state index is 11.9. The summed E-state index contributed by atoms with van der Waals surface area (Å²) in [5, 5.41) is 2.70. The highest BCUT2D eigenvalue weighted by atomic mass is 32.1. The van der Waals surface area contributed by atoms with Crippen molar-refractivity contribution in [2.45, 2.75) is 26.8 Å². The molecule has 0 spiro atoms. The summed E-state index contributed by atoms with van der Waals surface area (Å²) in [6.45, 7) is 4.19. The third-order valence-electron chi connectivity index (χ3n) is 2.78.